The molecule has 0 amide bonds. The van der Waals surface area contributed by atoms with Gasteiger partial charge in [-0.3, -0.25) is 4.90 Å². The minimum absolute atomic E-state index is 0.471. The second-order valence-electron chi connectivity index (χ2n) is 5.44. The Hall–Kier alpha value is -2.17. The minimum atomic E-state index is 0.471. The summed E-state index contributed by atoms with van der Waals surface area (Å²) in [5.41, 5.74) is 2.21. The average molecular weight is 314 g/mol. The van der Waals surface area contributed by atoms with E-state index in [1.165, 1.54) is 0 Å². The van der Waals surface area contributed by atoms with E-state index in [-0.39, 0.29) is 0 Å². The Balaban J connectivity index is 2.35. The predicted octanol–water partition coefficient (Wildman–Crippen LogP) is 3.25. The van der Waals surface area contributed by atoms with Crippen molar-refractivity contribution in [3.8, 4) is 11.3 Å². The quantitative estimate of drug-likeness (QED) is 0.550. The molecule has 0 unspecified atom stereocenters. The van der Waals surface area contributed by atoms with Gasteiger partial charge in [-0.2, -0.15) is 0 Å². The zero-order valence-electron chi connectivity index (χ0n) is 12.5. The van der Waals surface area contributed by atoms with Crippen LogP contribution in [0.1, 0.15) is 5.82 Å². The summed E-state index contributed by atoms with van der Waals surface area (Å²) in [6.07, 6.45) is 0. The second kappa shape index (κ2) is 5.91. The Labute approximate surface area is 134 Å². The molecule has 0 N–H and O–H groups in total. The maximum atomic E-state index is 12.8. The van der Waals surface area contributed by atoms with Crippen molar-refractivity contribution < 1.29 is 4.73 Å². The predicted molar refractivity (Wildman–Crippen MR) is 88.5 cm³/mol. The van der Waals surface area contributed by atoms with Crippen LogP contribution in [0.4, 0.5) is 0 Å². The van der Waals surface area contributed by atoms with E-state index in [9.17, 15) is 5.21 Å². The normalized spacial score (nSPS) is 11.3. The fourth-order valence-corrected chi connectivity index (χ4v) is 2.64. The van der Waals surface area contributed by atoms with Gasteiger partial charge < -0.3 is 5.21 Å². The molecule has 0 bridgehead atoms. The Morgan fingerprint density at radius 1 is 1.14 bits per heavy atom. The van der Waals surface area contributed by atoms with E-state index in [0.29, 0.717) is 23.1 Å². The van der Waals surface area contributed by atoms with Gasteiger partial charge >= 0.3 is 5.82 Å². The molecule has 2 aromatic carbocycles. The maximum Gasteiger partial charge on any atom is 0.316 e. The fraction of sp³-hybridized carbons (Fsp3) is 0.176. The van der Waals surface area contributed by atoms with Crippen LogP contribution < -0.4 is 4.73 Å². The number of fused-ring (bicyclic) bond motifs is 1. The van der Waals surface area contributed by atoms with Crippen LogP contribution in [0.15, 0.2) is 48.5 Å². The second-order valence-corrected chi connectivity index (χ2v) is 5.87. The fourth-order valence-electron chi connectivity index (χ4n) is 2.47. The van der Waals surface area contributed by atoms with Gasteiger partial charge in [0.25, 0.3) is 0 Å². The zero-order valence-corrected chi connectivity index (χ0v) is 13.2. The molecule has 0 radical (unpaired) electrons. The Morgan fingerprint density at radius 3 is 2.55 bits per heavy atom. The lowest BCUT2D eigenvalue weighted by Gasteiger charge is -2.16. The lowest BCUT2D eigenvalue weighted by Crippen LogP contribution is -2.38. The van der Waals surface area contributed by atoms with Crippen LogP contribution in [0.3, 0.4) is 0 Å². The Morgan fingerprint density at radius 2 is 1.86 bits per heavy atom. The van der Waals surface area contributed by atoms with E-state index in [2.05, 4.69) is 4.98 Å². The van der Waals surface area contributed by atoms with Gasteiger partial charge in [-0.15, -0.1) is 0 Å². The van der Waals surface area contributed by atoms with E-state index in [4.69, 9.17) is 11.6 Å². The number of nitrogens with zero attached hydrogens (tertiary/aromatic N) is 3. The number of halogens is 1. The number of rotatable bonds is 3. The molecule has 0 saturated heterocycles. The molecule has 0 aliphatic carbocycles. The maximum absolute atomic E-state index is 12.8. The van der Waals surface area contributed by atoms with E-state index < -0.39 is 0 Å². The summed E-state index contributed by atoms with van der Waals surface area (Å²) in [5.74, 6) is 0.471. The molecule has 1 aromatic heterocycles. The highest BCUT2D eigenvalue weighted by Crippen LogP contribution is 2.27. The first kappa shape index (κ1) is 14.8. The molecular formula is C17H16ClN3O. The van der Waals surface area contributed by atoms with Gasteiger partial charge in [-0.25, -0.2) is 4.73 Å². The molecule has 112 valence electrons. The summed E-state index contributed by atoms with van der Waals surface area (Å²) < 4.78 is 0.911. The summed E-state index contributed by atoms with van der Waals surface area (Å²) in [6, 6.07) is 15.0. The molecule has 0 aliphatic rings. The van der Waals surface area contributed by atoms with Crippen molar-refractivity contribution >= 4 is 22.5 Å². The highest BCUT2D eigenvalue weighted by molar-refractivity contribution is 6.31. The van der Waals surface area contributed by atoms with E-state index in [1.54, 1.807) is 12.1 Å². The van der Waals surface area contributed by atoms with Crippen LogP contribution in [0.25, 0.3) is 22.2 Å². The molecule has 3 aromatic rings. The van der Waals surface area contributed by atoms with Crippen molar-refractivity contribution in [1.82, 2.24) is 9.88 Å². The van der Waals surface area contributed by atoms with Gasteiger partial charge in [0, 0.05) is 10.6 Å². The van der Waals surface area contributed by atoms with E-state index >= 15 is 0 Å². The van der Waals surface area contributed by atoms with Crippen LogP contribution in [0.2, 0.25) is 5.02 Å². The SMILES string of the molecule is CN(C)Cc1nc2ccc(Cl)cc2c(-c2ccccc2)[n+]1[O-]. The van der Waals surface area contributed by atoms with E-state index in [0.717, 1.165) is 21.2 Å². The Kier molecular flexibility index (Phi) is 3.96. The molecule has 0 fully saturated rings. The monoisotopic (exact) mass is 313 g/mol. The molecule has 0 atom stereocenters. The topological polar surface area (TPSA) is 43.1 Å². The van der Waals surface area contributed by atoms with Gasteiger partial charge in [-0.05, 0) is 37.3 Å². The Bertz CT molecular complexity index is 819. The molecule has 3 rings (SSSR count). The number of hydrogen-bond donors (Lipinski definition) is 0. The van der Waals surface area contributed by atoms with Crippen LogP contribution in [-0.2, 0) is 6.54 Å². The molecular weight excluding hydrogens is 298 g/mol. The minimum Gasteiger partial charge on any atom is -0.710 e. The molecule has 1 heterocycles. The standard InChI is InChI=1S/C17H16ClN3O/c1-20(2)11-16-19-15-9-8-13(18)10-14(15)17(21(16)22)12-6-4-3-5-7-12/h3-10H,11H2,1-2H3. The van der Waals surface area contributed by atoms with Gasteiger partial charge in [0.1, 0.15) is 12.2 Å². The van der Waals surface area contributed by atoms with Crippen molar-refractivity contribution in [2.24, 2.45) is 0 Å². The van der Waals surface area contributed by atoms with Crippen molar-refractivity contribution in [2.45, 2.75) is 6.54 Å². The average Bonchev–Trinajstić information content (AvgIpc) is 2.49. The van der Waals surface area contributed by atoms with Crippen molar-refractivity contribution in [1.29, 1.82) is 0 Å². The molecule has 4 nitrogen and oxygen atoms in total. The first-order valence-electron chi connectivity index (χ1n) is 6.98. The molecule has 0 spiro atoms. The first-order chi connectivity index (χ1) is 10.6. The summed E-state index contributed by atoms with van der Waals surface area (Å²) >= 11 is 6.11. The third-order valence-electron chi connectivity index (χ3n) is 3.41. The van der Waals surface area contributed by atoms with Gasteiger partial charge in [0.15, 0.2) is 5.52 Å². The number of hydrogen-bond acceptors (Lipinski definition) is 3. The first-order valence-corrected chi connectivity index (χ1v) is 7.36. The third kappa shape index (κ3) is 2.75. The largest absolute Gasteiger partial charge is 0.710 e. The molecule has 22 heavy (non-hydrogen) atoms. The van der Waals surface area contributed by atoms with Crippen molar-refractivity contribution in [3.63, 3.8) is 0 Å². The van der Waals surface area contributed by atoms with Gasteiger partial charge in [-0.1, -0.05) is 41.9 Å². The van der Waals surface area contributed by atoms with Gasteiger partial charge in [0.05, 0.1) is 5.39 Å². The summed E-state index contributed by atoms with van der Waals surface area (Å²) in [5, 5.41) is 14.2. The van der Waals surface area contributed by atoms with Crippen LogP contribution >= 0.6 is 11.6 Å². The zero-order chi connectivity index (χ0) is 15.7. The van der Waals surface area contributed by atoms with Crippen molar-refractivity contribution in [2.75, 3.05) is 14.1 Å². The molecule has 0 aliphatic heterocycles. The summed E-state index contributed by atoms with van der Waals surface area (Å²) in [6.45, 7) is 0.474. The van der Waals surface area contributed by atoms with Crippen LogP contribution in [0.5, 0.6) is 0 Å². The highest BCUT2D eigenvalue weighted by Gasteiger charge is 2.20. The molecule has 5 heteroatoms. The smallest absolute Gasteiger partial charge is 0.316 e. The number of aromatic nitrogens is 2. The molecule has 0 saturated carbocycles. The lowest BCUT2D eigenvalue weighted by atomic mass is 10.1. The lowest BCUT2D eigenvalue weighted by molar-refractivity contribution is -0.605. The number of benzene rings is 2. The summed E-state index contributed by atoms with van der Waals surface area (Å²) in [7, 11) is 3.83. The van der Waals surface area contributed by atoms with Gasteiger partial charge in [0.2, 0.25) is 0 Å². The highest BCUT2D eigenvalue weighted by atomic mass is 35.5. The van der Waals surface area contributed by atoms with Crippen LogP contribution in [-0.4, -0.2) is 24.0 Å². The third-order valence-corrected chi connectivity index (χ3v) is 3.64. The van der Waals surface area contributed by atoms with Crippen LogP contribution in [0, 0.1) is 5.21 Å². The summed E-state index contributed by atoms with van der Waals surface area (Å²) in [4.78, 5) is 6.42. The van der Waals surface area contributed by atoms with E-state index in [1.807, 2.05) is 55.4 Å². The van der Waals surface area contributed by atoms with Crippen molar-refractivity contribution in [3.05, 3.63) is 64.6 Å².